The number of ether oxygens (including phenoxy) is 2. The number of carbonyl (C=O) groups is 5. The molecule has 0 aliphatic carbocycles. The zero-order valence-electron chi connectivity index (χ0n) is 19.9. The highest BCUT2D eigenvalue weighted by atomic mass is 79.9. The Morgan fingerprint density at radius 3 is 2.37 bits per heavy atom. The summed E-state index contributed by atoms with van der Waals surface area (Å²) >= 11 is 3.37. The summed E-state index contributed by atoms with van der Waals surface area (Å²) in [5, 5.41) is 4.86. The van der Waals surface area contributed by atoms with Gasteiger partial charge in [0.25, 0.3) is 17.7 Å². The molecule has 4 rings (SSSR count). The van der Waals surface area contributed by atoms with Crippen molar-refractivity contribution in [3.05, 3.63) is 94.0 Å². The lowest BCUT2D eigenvalue weighted by Gasteiger charge is -2.26. The highest BCUT2D eigenvalue weighted by molar-refractivity contribution is 9.10. The highest BCUT2D eigenvalue weighted by Crippen LogP contribution is 2.28. The lowest BCUT2D eigenvalue weighted by Crippen LogP contribution is -2.54. The third-order valence-corrected chi connectivity index (χ3v) is 5.95. The van der Waals surface area contributed by atoms with Gasteiger partial charge < -0.3 is 14.8 Å². The van der Waals surface area contributed by atoms with Crippen LogP contribution in [0.1, 0.15) is 15.9 Å². The van der Waals surface area contributed by atoms with E-state index in [1.165, 1.54) is 37.5 Å². The summed E-state index contributed by atoms with van der Waals surface area (Å²) in [5.74, 6) is -2.23. The van der Waals surface area contributed by atoms with Gasteiger partial charge in [-0.05, 0) is 76.1 Å². The fourth-order valence-electron chi connectivity index (χ4n) is 3.51. The van der Waals surface area contributed by atoms with Crippen LogP contribution in [0.3, 0.4) is 0 Å². The minimum Gasteiger partial charge on any atom is -0.483 e. The van der Waals surface area contributed by atoms with Crippen molar-refractivity contribution in [2.45, 2.75) is 0 Å². The predicted octanol–water partition coefficient (Wildman–Crippen LogP) is 3.92. The molecule has 11 heteroatoms. The molecular formula is C27H20BrN3O7. The molecule has 3 aromatic carbocycles. The number of rotatable bonds is 7. The van der Waals surface area contributed by atoms with E-state index in [4.69, 9.17) is 4.74 Å². The molecule has 1 aliphatic rings. The summed E-state index contributed by atoms with van der Waals surface area (Å²) in [5.41, 5.74) is 1.23. The zero-order valence-corrected chi connectivity index (χ0v) is 21.5. The molecule has 38 heavy (non-hydrogen) atoms. The number of anilines is 2. The average Bonchev–Trinajstić information content (AvgIpc) is 2.91. The van der Waals surface area contributed by atoms with Crippen LogP contribution in [0.4, 0.5) is 16.2 Å². The summed E-state index contributed by atoms with van der Waals surface area (Å²) in [6, 6.07) is 18.4. The molecule has 0 bridgehead atoms. The normalized spacial score (nSPS) is 14.2. The smallest absolute Gasteiger partial charge is 0.337 e. The first-order valence-electron chi connectivity index (χ1n) is 11.1. The molecule has 0 spiro atoms. The van der Waals surface area contributed by atoms with Gasteiger partial charge in [0.05, 0.1) is 22.8 Å². The molecule has 1 saturated heterocycles. The zero-order chi connectivity index (χ0) is 27.2. The third kappa shape index (κ3) is 5.95. The molecule has 1 aliphatic heterocycles. The molecule has 0 saturated carbocycles. The van der Waals surface area contributed by atoms with Crippen molar-refractivity contribution in [1.82, 2.24) is 5.32 Å². The van der Waals surface area contributed by atoms with E-state index in [9.17, 15) is 24.0 Å². The van der Waals surface area contributed by atoms with Gasteiger partial charge in [0, 0.05) is 5.69 Å². The van der Waals surface area contributed by atoms with E-state index in [2.05, 4.69) is 31.3 Å². The minimum atomic E-state index is -0.915. The molecule has 5 amide bonds. The van der Waals surface area contributed by atoms with E-state index >= 15 is 0 Å². The Morgan fingerprint density at radius 1 is 1.00 bits per heavy atom. The van der Waals surface area contributed by atoms with Gasteiger partial charge in [-0.15, -0.1) is 0 Å². The van der Waals surface area contributed by atoms with Crippen LogP contribution in [0.25, 0.3) is 6.08 Å². The van der Waals surface area contributed by atoms with E-state index in [0.29, 0.717) is 21.5 Å². The number of nitrogens with zero attached hydrogens (tertiary/aromatic N) is 1. The second-order valence-corrected chi connectivity index (χ2v) is 8.74. The maximum Gasteiger partial charge on any atom is 0.337 e. The van der Waals surface area contributed by atoms with Crippen LogP contribution in [0.5, 0.6) is 5.75 Å². The first-order valence-corrected chi connectivity index (χ1v) is 11.9. The number of urea groups is 1. The number of nitrogens with one attached hydrogen (secondary N) is 2. The Labute approximate surface area is 225 Å². The van der Waals surface area contributed by atoms with Crippen LogP contribution >= 0.6 is 15.9 Å². The van der Waals surface area contributed by atoms with E-state index in [0.717, 1.165) is 4.90 Å². The van der Waals surface area contributed by atoms with E-state index in [1.54, 1.807) is 42.5 Å². The Morgan fingerprint density at radius 2 is 1.71 bits per heavy atom. The second-order valence-electron chi connectivity index (χ2n) is 7.89. The predicted molar refractivity (Wildman–Crippen MR) is 141 cm³/mol. The van der Waals surface area contributed by atoms with Crippen LogP contribution in [0, 0.1) is 0 Å². The van der Waals surface area contributed by atoms with Crippen LogP contribution in [-0.2, 0) is 19.1 Å². The standard InChI is InChI=1S/C27H20BrN3O7/c1-37-26(35)17-8-10-19(11-9-17)31-25(34)20(24(33)30-27(31)36)13-16-7-12-22(21(28)14-16)38-15-23(32)29-18-5-3-2-4-6-18/h2-14H,15H2,1H3,(H,29,32)(H,30,33,36)/b20-13+. The summed E-state index contributed by atoms with van der Waals surface area (Å²) in [6.45, 7) is -0.235. The van der Waals surface area contributed by atoms with Gasteiger partial charge in [0.1, 0.15) is 11.3 Å². The molecular weight excluding hydrogens is 558 g/mol. The number of benzene rings is 3. The van der Waals surface area contributed by atoms with Gasteiger partial charge in [-0.2, -0.15) is 0 Å². The molecule has 10 nitrogen and oxygen atoms in total. The van der Waals surface area contributed by atoms with Crippen LogP contribution in [0.15, 0.2) is 82.8 Å². The number of halogens is 1. The molecule has 192 valence electrons. The number of para-hydroxylation sites is 1. The number of hydrogen-bond donors (Lipinski definition) is 2. The van der Waals surface area contributed by atoms with Gasteiger partial charge >= 0.3 is 12.0 Å². The summed E-state index contributed by atoms with van der Waals surface area (Å²) in [4.78, 5) is 62.6. The number of imide groups is 2. The molecule has 2 N–H and O–H groups in total. The number of methoxy groups -OCH3 is 1. The summed E-state index contributed by atoms with van der Waals surface area (Å²) in [7, 11) is 1.24. The van der Waals surface area contributed by atoms with Gasteiger partial charge in [-0.3, -0.25) is 19.7 Å². The first-order chi connectivity index (χ1) is 18.3. The average molecular weight is 578 g/mol. The Balaban J connectivity index is 1.48. The lowest BCUT2D eigenvalue weighted by molar-refractivity contribution is -0.122. The maximum atomic E-state index is 13.1. The Kier molecular flexibility index (Phi) is 7.97. The van der Waals surface area contributed by atoms with Crippen molar-refractivity contribution < 1.29 is 33.4 Å². The van der Waals surface area contributed by atoms with Crippen molar-refractivity contribution in [2.75, 3.05) is 23.9 Å². The van der Waals surface area contributed by atoms with Crippen molar-refractivity contribution >= 4 is 63.1 Å². The maximum absolute atomic E-state index is 13.1. The van der Waals surface area contributed by atoms with Crippen molar-refractivity contribution in [2.24, 2.45) is 0 Å². The van der Waals surface area contributed by atoms with E-state index in [1.807, 2.05) is 6.07 Å². The Bertz CT molecular complexity index is 1450. The first kappa shape index (κ1) is 26.3. The van der Waals surface area contributed by atoms with Gasteiger partial charge in [-0.1, -0.05) is 24.3 Å². The quantitative estimate of drug-likeness (QED) is 0.247. The summed E-state index contributed by atoms with van der Waals surface area (Å²) in [6.07, 6.45) is 1.33. The van der Waals surface area contributed by atoms with Gasteiger partial charge in [0.15, 0.2) is 6.61 Å². The number of hydrogen-bond acceptors (Lipinski definition) is 7. The molecule has 0 unspecified atom stereocenters. The fraction of sp³-hybridized carbons (Fsp3) is 0.0741. The SMILES string of the molecule is COC(=O)c1ccc(N2C(=O)NC(=O)/C(=C\c3ccc(OCC(=O)Nc4ccccc4)c(Br)c3)C2=O)cc1. The third-order valence-electron chi connectivity index (χ3n) is 5.33. The largest absolute Gasteiger partial charge is 0.483 e. The van der Waals surface area contributed by atoms with Crippen molar-refractivity contribution in [1.29, 1.82) is 0 Å². The lowest BCUT2D eigenvalue weighted by atomic mass is 10.1. The monoisotopic (exact) mass is 577 g/mol. The molecule has 0 aromatic heterocycles. The highest BCUT2D eigenvalue weighted by Gasteiger charge is 2.36. The number of carbonyl (C=O) groups excluding carboxylic acids is 5. The molecule has 1 fully saturated rings. The number of barbiturate groups is 1. The van der Waals surface area contributed by atoms with Crippen molar-refractivity contribution in [3.63, 3.8) is 0 Å². The van der Waals surface area contributed by atoms with Crippen LogP contribution in [0.2, 0.25) is 0 Å². The number of amides is 5. The van der Waals surface area contributed by atoms with E-state index < -0.39 is 23.8 Å². The topological polar surface area (TPSA) is 131 Å². The van der Waals surface area contributed by atoms with Crippen LogP contribution in [-0.4, -0.2) is 43.4 Å². The second kappa shape index (κ2) is 11.5. The summed E-state index contributed by atoms with van der Waals surface area (Å²) < 4.78 is 10.7. The molecule has 1 heterocycles. The van der Waals surface area contributed by atoms with Gasteiger partial charge in [-0.25, -0.2) is 14.5 Å². The molecule has 3 aromatic rings. The molecule has 0 atom stereocenters. The Hall–Kier alpha value is -4.77. The minimum absolute atomic E-state index is 0.164. The van der Waals surface area contributed by atoms with Gasteiger partial charge in [0.2, 0.25) is 0 Å². The van der Waals surface area contributed by atoms with E-state index in [-0.39, 0.29) is 29.3 Å². The molecule has 0 radical (unpaired) electrons. The number of esters is 1. The van der Waals surface area contributed by atoms with Crippen molar-refractivity contribution in [3.8, 4) is 5.75 Å². The van der Waals surface area contributed by atoms with Crippen LogP contribution < -0.4 is 20.3 Å². The fourth-order valence-corrected chi connectivity index (χ4v) is 4.02.